The van der Waals surface area contributed by atoms with E-state index in [1.807, 2.05) is 18.2 Å². The number of nitrogens with one attached hydrogen (secondary N) is 1. The van der Waals surface area contributed by atoms with E-state index in [-0.39, 0.29) is 17.9 Å². The normalized spacial score (nSPS) is 10.6. The molecule has 0 aliphatic carbocycles. The topological polar surface area (TPSA) is 85.9 Å². The molecule has 0 saturated heterocycles. The minimum absolute atomic E-state index is 0.00467. The molecule has 0 fully saturated rings. The van der Waals surface area contributed by atoms with E-state index >= 15 is 0 Å². The van der Waals surface area contributed by atoms with E-state index in [0.717, 1.165) is 5.56 Å². The first-order valence-corrected chi connectivity index (χ1v) is 8.99. The van der Waals surface area contributed by atoms with Crippen LogP contribution in [0, 0.1) is 28.5 Å². The average molecular weight is 397 g/mol. The van der Waals surface area contributed by atoms with E-state index in [4.69, 9.17) is 10.00 Å². The lowest BCUT2D eigenvalue weighted by Gasteiger charge is -2.08. The number of carbonyl (C=O) groups excluding carboxylic acids is 1. The van der Waals surface area contributed by atoms with E-state index in [0.29, 0.717) is 16.9 Å². The first-order valence-electron chi connectivity index (χ1n) is 8.99. The molecule has 1 N–H and O–H groups in total. The van der Waals surface area contributed by atoms with Crippen LogP contribution in [-0.4, -0.2) is 5.91 Å². The number of para-hydroxylation sites is 1. The molecule has 3 aromatic rings. The summed E-state index contributed by atoms with van der Waals surface area (Å²) in [5, 5.41) is 20.8. The number of nitriles is 2. The van der Waals surface area contributed by atoms with Crippen LogP contribution in [0.2, 0.25) is 0 Å². The second kappa shape index (κ2) is 9.68. The lowest BCUT2D eigenvalue weighted by molar-refractivity contribution is -0.112. The summed E-state index contributed by atoms with van der Waals surface area (Å²) in [5.41, 5.74) is 1.79. The van der Waals surface area contributed by atoms with Gasteiger partial charge in [0, 0.05) is 5.56 Å². The number of benzene rings is 3. The van der Waals surface area contributed by atoms with Gasteiger partial charge in [-0.05, 0) is 42.0 Å². The standard InChI is InChI=1S/C24H16FN3O2/c25-22-7-3-4-8-23(22)28-24(29)20(15-27)13-17-9-11-21(12-10-17)30-16-19-6-2-1-5-18(19)14-26/h1-13H,16H2,(H,28,29)/b20-13+. The Bertz CT molecular complexity index is 1170. The van der Waals surface area contributed by atoms with Crippen molar-refractivity contribution < 1.29 is 13.9 Å². The molecule has 0 spiro atoms. The van der Waals surface area contributed by atoms with Gasteiger partial charge in [-0.15, -0.1) is 0 Å². The highest BCUT2D eigenvalue weighted by atomic mass is 19.1. The molecule has 146 valence electrons. The van der Waals surface area contributed by atoms with Crippen molar-refractivity contribution in [2.75, 3.05) is 5.32 Å². The fraction of sp³-hybridized carbons (Fsp3) is 0.0417. The lowest BCUT2D eigenvalue weighted by atomic mass is 10.1. The maximum atomic E-state index is 13.7. The molecule has 3 aromatic carbocycles. The number of ether oxygens (including phenoxy) is 1. The van der Waals surface area contributed by atoms with Crippen molar-refractivity contribution in [3.8, 4) is 17.9 Å². The molecule has 0 unspecified atom stereocenters. The summed E-state index contributed by atoms with van der Waals surface area (Å²) >= 11 is 0. The summed E-state index contributed by atoms with van der Waals surface area (Å²) in [7, 11) is 0. The largest absolute Gasteiger partial charge is 0.489 e. The van der Waals surface area contributed by atoms with Crippen LogP contribution >= 0.6 is 0 Å². The monoisotopic (exact) mass is 397 g/mol. The molecule has 1 amide bonds. The molecule has 0 atom stereocenters. The maximum Gasteiger partial charge on any atom is 0.266 e. The highest BCUT2D eigenvalue weighted by Crippen LogP contribution is 2.18. The zero-order valence-corrected chi connectivity index (χ0v) is 15.8. The summed E-state index contributed by atoms with van der Waals surface area (Å²) in [6.07, 6.45) is 1.41. The quantitative estimate of drug-likeness (QED) is 0.477. The zero-order chi connectivity index (χ0) is 21.3. The SMILES string of the molecule is N#C/C(=C\c1ccc(OCc2ccccc2C#N)cc1)C(=O)Nc1ccccc1F. The van der Waals surface area contributed by atoms with Gasteiger partial charge in [0.2, 0.25) is 0 Å². The van der Waals surface area contributed by atoms with Gasteiger partial charge in [-0.1, -0.05) is 42.5 Å². The molecule has 3 rings (SSSR count). The van der Waals surface area contributed by atoms with Gasteiger partial charge in [-0.2, -0.15) is 10.5 Å². The van der Waals surface area contributed by atoms with Gasteiger partial charge in [-0.25, -0.2) is 4.39 Å². The van der Waals surface area contributed by atoms with Crippen LogP contribution in [0.15, 0.2) is 78.4 Å². The minimum Gasteiger partial charge on any atom is -0.489 e. The van der Waals surface area contributed by atoms with Crippen LogP contribution in [-0.2, 0) is 11.4 Å². The van der Waals surface area contributed by atoms with Crippen molar-refractivity contribution in [1.29, 1.82) is 10.5 Å². The Morgan fingerprint density at radius 1 is 1.00 bits per heavy atom. The number of hydrogen-bond acceptors (Lipinski definition) is 4. The maximum absolute atomic E-state index is 13.7. The predicted octanol–water partition coefficient (Wildman–Crippen LogP) is 4.82. The third-order valence-electron chi connectivity index (χ3n) is 4.21. The van der Waals surface area contributed by atoms with Crippen molar-refractivity contribution >= 4 is 17.7 Å². The first-order chi connectivity index (χ1) is 14.6. The number of amides is 1. The van der Waals surface area contributed by atoms with Crippen LogP contribution in [0.4, 0.5) is 10.1 Å². The van der Waals surface area contributed by atoms with Crippen LogP contribution in [0.25, 0.3) is 6.08 Å². The van der Waals surface area contributed by atoms with Crippen molar-refractivity contribution in [2.45, 2.75) is 6.61 Å². The van der Waals surface area contributed by atoms with E-state index < -0.39 is 11.7 Å². The lowest BCUT2D eigenvalue weighted by Crippen LogP contribution is -2.14. The third kappa shape index (κ3) is 5.09. The second-order valence-electron chi connectivity index (χ2n) is 6.23. The van der Waals surface area contributed by atoms with Gasteiger partial charge in [-0.3, -0.25) is 4.79 Å². The summed E-state index contributed by atoms with van der Waals surface area (Å²) in [4.78, 5) is 12.3. The Kier molecular flexibility index (Phi) is 6.55. The summed E-state index contributed by atoms with van der Waals surface area (Å²) in [6.45, 7) is 0.243. The smallest absolute Gasteiger partial charge is 0.266 e. The van der Waals surface area contributed by atoms with Crippen LogP contribution in [0.1, 0.15) is 16.7 Å². The summed E-state index contributed by atoms with van der Waals surface area (Å²) in [5.74, 6) is -0.701. The van der Waals surface area contributed by atoms with E-state index in [1.54, 1.807) is 42.5 Å². The molecule has 30 heavy (non-hydrogen) atoms. The molecule has 5 nitrogen and oxygen atoms in total. The van der Waals surface area contributed by atoms with Crippen molar-refractivity contribution in [3.05, 3.63) is 101 Å². The van der Waals surface area contributed by atoms with Crippen molar-refractivity contribution in [3.63, 3.8) is 0 Å². The molecule has 0 radical (unpaired) electrons. The molecule has 0 aromatic heterocycles. The van der Waals surface area contributed by atoms with Gasteiger partial charge in [0.1, 0.15) is 29.8 Å². The van der Waals surface area contributed by atoms with E-state index in [2.05, 4.69) is 11.4 Å². The number of nitrogens with zero attached hydrogens (tertiary/aromatic N) is 2. The Hall–Kier alpha value is -4.42. The first kappa shape index (κ1) is 20.3. The van der Waals surface area contributed by atoms with E-state index in [1.165, 1.54) is 24.3 Å². The average Bonchev–Trinajstić information content (AvgIpc) is 2.78. The molecular weight excluding hydrogens is 381 g/mol. The zero-order valence-electron chi connectivity index (χ0n) is 15.8. The van der Waals surface area contributed by atoms with Crippen LogP contribution < -0.4 is 10.1 Å². The fourth-order valence-electron chi connectivity index (χ4n) is 2.64. The fourth-order valence-corrected chi connectivity index (χ4v) is 2.64. The highest BCUT2D eigenvalue weighted by molar-refractivity contribution is 6.09. The number of hydrogen-bond donors (Lipinski definition) is 1. The third-order valence-corrected chi connectivity index (χ3v) is 4.21. The van der Waals surface area contributed by atoms with Gasteiger partial charge in [0.15, 0.2) is 0 Å². The van der Waals surface area contributed by atoms with E-state index in [9.17, 15) is 14.4 Å². The molecule has 0 bridgehead atoms. The van der Waals surface area contributed by atoms with Crippen LogP contribution in [0.3, 0.4) is 0 Å². The molecule has 0 heterocycles. The Labute approximate surface area is 173 Å². The molecular formula is C24H16FN3O2. The van der Waals surface area contributed by atoms with Crippen molar-refractivity contribution in [1.82, 2.24) is 0 Å². The minimum atomic E-state index is -0.698. The van der Waals surface area contributed by atoms with Gasteiger partial charge < -0.3 is 10.1 Å². The highest BCUT2D eigenvalue weighted by Gasteiger charge is 2.12. The summed E-state index contributed by atoms with van der Waals surface area (Å²) in [6, 6.07) is 23.6. The van der Waals surface area contributed by atoms with Gasteiger partial charge in [0.25, 0.3) is 5.91 Å². The van der Waals surface area contributed by atoms with Crippen LogP contribution in [0.5, 0.6) is 5.75 Å². The Balaban J connectivity index is 1.68. The Morgan fingerprint density at radius 2 is 1.70 bits per heavy atom. The molecule has 0 saturated carbocycles. The predicted molar refractivity (Wildman–Crippen MR) is 111 cm³/mol. The second-order valence-corrected chi connectivity index (χ2v) is 6.23. The number of halogens is 1. The van der Waals surface area contributed by atoms with Gasteiger partial charge in [0.05, 0.1) is 17.3 Å². The summed E-state index contributed by atoms with van der Waals surface area (Å²) < 4.78 is 19.4. The van der Waals surface area contributed by atoms with Crippen molar-refractivity contribution in [2.24, 2.45) is 0 Å². The Morgan fingerprint density at radius 3 is 2.40 bits per heavy atom. The van der Waals surface area contributed by atoms with Gasteiger partial charge >= 0.3 is 0 Å². The molecule has 6 heteroatoms. The molecule has 0 aliphatic heterocycles. The number of anilines is 1. The molecule has 0 aliphatic rings. The number of carbonyl (C=O) groups is 1. The number of rotatable bonds is 6.